The number of nitrogens with zero attached hydrogens (tertiary/aromatic N) is 2. The summed E-state index contributed by atoms with van der Waals surface area (Å²) >= 11 is 0. The molecule has 0 radical (unpaired) electrons. The zero-order valence-electron chi connectivity index (χ0n) is 22.0. The van der Waals surface area contributed by atoms with Crippen molar-refractivity contribution in [3.63, 3.8) is 0 Å². The van der Waals surface area contributed by atoms with E-state index in [2.05, 4.69) is 16.0 Å². The van der Waals surface area contributed by atoms with E-state index in [0.29, 0.717) is 78.0 Å². The van der Waals surface area contributed by atoms with Crippen LogP contribution < -0.4 is 29.7 Å². The average Bonchev–Trinajstić information content (AvgIpc) is 3.24. The van der Waals surface area contributed by atoms with Crippen molar-refractivity contribution in [1.82, 2.24) is 10.2 Å². The van der Waals surface area contributed by atoms with Crippen molar-refractivity contribution in [2.75, 3.05) is 68.1 Å². The highest BCUT2D eigenvalue weighted by Gasteiger charge is 2.30. The molecule has 204 valence electrons. The SMILES string of the molecule is CCC(Nc1ccc(N(CC(=O)N2CCNCC2)S(C)(=O)=O)cc1)=C1C(=O)Nc2cc(OC)c(OC)cc21. The second-order valence-corrected chi connectivity index (χ2v) is 10.9. The molecule has 2 aromatic rings. The highest BCUT2D eigenvalue weighted by atomic mass is 32.2. The first-order valence-corrected chi connectivity index (χ1v) is 14.1. The zero-order chi connectivity index (χ0) is 27.4. The lowest BCUT2D eigenvalue weighted by Gasteiger charge is -2.30. The lowest BCUT2D eigenvalue weighted by molar-refractivity contribution is -0.130. The molecule has 0 atom stereocenters. The van der Waals surface area contributed by atoms with Gasteiger partial charge in [-0.25, -0.2) is 8.42 Å². The summed E-state index contributed by atoms with van der Waals surface area (Å²) in [4.78, 5) is 27.3. The second-order valence-electron chi connectivity index (χ2n) is 8.99. The third-order valence-electron chi connectivity index (χ3n) is 6.52. The molecule has 11 nitrogen and oxygen atoms in total. The molecule has 0 aliphatic carbocycles. The molecule has 2 heterocycles. The second kappa shape index (κ2) is 11.3. The molecule has 0 bridgehead atoms. The van der Waals surface area contributed by atoms with E-state index in [4.69, 9.17) is 9.47 Å². The van der Waals surface area contributed by atoms with Gasteiger partial charge in [-0.3, -0.25) is 13.9 Å². The number of sulfonamides is 1. The van der Waals surface area contributed by atoms with Crippen molar-refractivity contribution in [1.29, 1.82) is 0 Å². The highest BCUT2D eigenvalue weighted by Crippen LogP contribution is 2.42. The fraction of sp³-hybridized carbons (Fsp3) is 0.385. The molecular formula is C26H33N5O6S. The summed E-state index contributed by atoms with van der Waals surface area (Å²) in [5.41, 5.74) is 3.56. The molecule has 4 rings (SSSR count). The number of rotatable bonds is 9. The number of carbonyl (C=O) groups is 2. The van der Waals surface area contributed by atoms with Gasteiger partial charge in [0.15, 0.2) is 11.5 Å². The standard InChI is InChI=1S/C26H33N5O6S/c1-5-20(25-19-14-22(36-2)23(37-3)15-21(19)29-26(25)33)28-17-6-8-18(9-7-17)31(38(4,34)35)16-24(32)30-12-10-27-11-13-30/h6-9,14-15,27-28H,5,10-13,16H2,1-4H3,(H,29,33). The normalized spacial score (nSPS) is 16.4. The van der Waals surface area contributed by atoms with Crippen LogP contribution in [-0.2, 0) is 19.6 Å². The molecule has 2 aliphatic heterocycles. The van der Waals surface area contributed by atoms with Crippen molar-refractivity contribution in [2.24, 2.45) is 0 Å². The Balaban J connectivity index is 1.59. The van der Waals surface area contributed by atoms with Crippen LogP contribution in [0.15, 0.2) is 42.1 Å². The fourth-order valence-corrected chi connectivity index (χ4v) is 5.40. The number of fused-ring (bicyclic) bond motifs is 1. The van der Waals surface area contributed by atoms with Crippen LogP contribution in [0, 0.1) is 0 Å². The number of amides is 2. The Hall–Kier alpha value is -3.77. The van der Waals surface area contributed by atoms with Gasteiger partial charge in [-0.15, -0.1) is 0 Å². The predicted octanol–water partition coefficient (Wildman–Crippen LogP) is 2.09. The summed E-state index contributed by atoms with van der Waals surface area (Å²) in [6, 6.07) is 10.2. The number of benzene rings is 2. The number of piperazine rings is 1. The Morgan fingerprint density at radius 2 is 1.71 bits per heavy atom. The van der Waals surface area contributed by atoms with E-state index < -0.39 is 10.0 Å². The summed E-state index contributed by atoms with van der Waals surface area (Å²) in [6.45, 7) is 4.12. The maximum Gasteiger partial charge on any atom is 0.258 e. The Bertz CT molecular complexity index is 1350. The largest absolute Gasteiger partial charge is 0.493 e. The zero-order valence-corrected chi connectivity index (χ0v) is 22.8. The third kappa shape index (κ3) is 5.70. The van der Waals surface area contributed by atoms with Gasteiger partial charge in [-0.2, -0.15) is 0 Å². The summed E-state index contributed by atoms with van der Waals surface area (Å²) in [5, 5.41) is 9.35. The minimum atomic E-state index is -3.69. The van der Waals surface area contributed by atoms with E-state index in [-0.39, 0.29) is 18.4 Å². The van der Waals surface area contributed by atoms with Crippen molar-refractivity contribution < 1.29 is 27.5 Å². The van der Waals surface area contributed by atoms with E-state index in [9.17, 15) is 18.0 Å². The van der Waals surface area contributed by atoms with Crippen LogP contribution in [0.1, 0.15) is 18.9 Å². The predicted molar refractivity (Wildman–Crippen MR) is 147 cm³/mol. The number of hydrogen-bond donors (Lipinski definition) is 3. The molecule has 38 heavy (non-hydrogen) atoms. The number of anilines is 3. The molecule has 3 N–H and O–H groups in total. The Kier molecular flexibility index (Phi) is 8.12. The molecule has 1 saturated heterocycles. The quantitative estimate of drug-likeness (QED) is 0.410. The van der Waals surface area contributed by atoms with Crippen LogP contribution in [0.5, 0.6) is 11.5 Å². The molecule has 2 amide bonds. The molecule has 0 spiro atoms. The highest BCUT2D eigenvalue weighted by molar-refractivity contribution is 7.92. The van der Waals surface area contributed by atoms with Crippen molar-refractivity contribution in [3.8, 4) is 11.5 Å². The number of ether oxygens (including phenoxy) is 2. The minimum absolute atomic E-state index is 0.241. The lowest BCUT2D eigenvalue weighted by Crippen LogP contribution is -2.50. The van der Waals surface area contributed by atoms with Crippen molar-refractivity contribution in [3.05, 3.63) is 47.7 Å². The molecular weight excluding hydrogens is 510 g/mol. The van der Waals surface area contributed by atoms with E-state index in [0.717, 1.165) is 10.6 Å². The van der Waals surface area contributed by atoms with Crippen molar-refractivity contribution in [2.45, 2.75) is 13.3 Å². The van der Waals surface area contributed by atoms with Gasteiger partial charge in [0.25, 0.3) is 5.91 Å². The molecule has 2 aliphatic rings. The van der Waals surface area contributed by atoms with Gasteiger partial charge in [0.1, 0.15) is 6.54 Å². The van der Waals surface area contributed by atoms with Crippen LogP contribution in [0.25, 0.3) is 5.57 Å². The number of nitrogens with one attached hydrogen (secondary N) is 3. The topological polar surface area (TPSA) is 129 Å². The van der Waals surface area contributed by atoms with Crippen LogP contribution in [0.4, 0.5) is 17.1 Å². The summed E-state index contributed by atoms with van der Waals surface area (Å²) < 4.78 is 37.0. The Morgan fingerprint density at radius 1 is 1.08 bits per heavy atom. The first-order valence-electron chi connectivity index (χ1n) is 12.3. The summed E-state index contributed by atoms with van der Waals surface area (Å²) in [5.74, 6) is 0.539. The monoisotopic (exact) mass is 543 g/mol. The molecule has 0 aromatic heterocycles. The van der Waals surface area contributed by atoms with E-state index in [1.807, 2.05) is 6.92 Å². The van der Waals surface area contributed by atoms with Gasteiger partial charge in [-0.1, -0.05) is 6.92 Å². The molecule has 1 fully saturated rings. The first-order chi connectivity index (χ1) is 18.2. The lowest BCUT2D eigenvalue weighted by atomic mass is 10.0. The average molecular weight is 544 g/mol. The number of methoxy groups -OCH3 is 2. The van der Waals surface area contributed by atoms with Crippen LogP contribution in [-0.4, -0.2) is 78.3 Å². The Labute approximate surface area is 222 Å². The van der Waals surface area contributed by atoms with Gasteiger partial charge in [0.2, 0.25) is 15.9 Å². The van der Waals surface area contributed by atoms with E-state index >= 15 is 0 Å². The third-order valence-corrected chi connectivity index (χ3v) is 7.66. The molecule has 12 heteroatoms. The van der Waals surface area contributed by atoms with Gasteiger partial charge in [0.05, 0.1) is 37.4 Å². The number of allylic oxidation sites excluding steroid dienone is 1. The molecule has 0 saturated carbocycles. The van der Waals surface area contributed by atoms with E-state index in [1.54, 1.807) is 41.3 Å². The van der Waals surface area contributed by atoms with E-state index in [1.165, 1.54) is 14.2 Å². The van der Waals surface area contributed by atoms with Crippen LogP contribution in [0.3, 0.4) is 0 Å². The summed E-state index contributed by atoms with van der Waals surface area (Å²) in [6.07, 6.45) is 1.62. The maximum absolute atomic E-state index is 12.9. The first kappa shape index (κ1) is 27.3. The molecule has 0 unspecified atom stereocenters. The van der Waals surface area contributed by atoms with Gasteiger partial charge in [0, 0.05) is 49.2 Å². The number of carbonyl (C=O) groups excluding carboxylic acids is 2. The maximum atomic E-state index is 12.9. The van der Waals surface area contributed by atoms with Crippen LogP contribution in [0.2, 0.25) is 0 Å². The van der Waals surface area contributed by atoms with Gasteiger partial charge in [-0.05, 0) is 36.8 Å². The number of hydrogen-bond acceptors (Lipinski definition) is 8. The Morgan fingerprint density at radius 3 is 2.29 bits per heavy atom. The van der Waals surface area contributed by atoms with Gasteiger partial charge >= 0.3 is 0 Å². The summed E-state index contributed by atoms with van der Waals surface area (Å²) in [7, 11) is -0.622. The minimum Gasteiger partial charge on any atom is -0.493 e. The van der Waals surface area contributed by atoms with Crippen LogP contribution >= 0.6 is 0 Å². The fourth-order valence-electron chi connectivity index (χ4n) is 4.55. The van der Waals surface area contributed by atoms with Gasteiger partial charge < -0.3 is 30.3 Å². The van der Waals surface area contributed by atoms with Crippen molar-refractivity contribution >= 4 is 44.5 Å². The molecule has 2 aromatic carbocycles. The smallest absolute Gasteiger partial charge is 0.258 e.